The zero-order chi connectivity index (χ0) is 13.7. The van der Waals surface area contributed by atoms with Crippen molar-refractivity contribution in [3.63, 3.8) is 0 Å². The molecule has 0 aliphatic heterocycles. The molecule has 0 N–H and O–H groups in total. The van der Waals surface area contributed by atoms with Crippen molar-refractivity contribution in [2.24, 2.45) is 0 Å². The van der Waals surface area contributed by atoms with Gasteiger partial charge in [-0.1, -0.05) is 13.8 Å². The summed E-state index contributed by atoms with van der Waals surface area (Å²) >= 11 is 5.27. The lowest BCUT2D eigenvalue weighted by Crippen LogP contribution is -1.99. The highest BCUT2D eigenvalue weighted by atomic mass is 35.5. The third-order valence-electron chi connectivity index (χ3n) is 2.55. The number of methoxy groups -OCH3 is 2. The van der Waals surface area contributed by atoms with Crippen molar-refractivity contribution in [1.29, 1.82) is 0 Å². The van der Waals surface area contributed by atoms with Crippen LogP contribution in [0.4, 0.5) is 0 Å². The lowest BCUT2D eigenvalue weighted by Gasteiger charge is -2.17. The third kappa shape index (κ3) is 3.50. The van der Waals surface area contributed by atoms with E-state index in [2.05, 4.69) is 13.8 Å². The van der Waals surface area contributed by atoms with E-state index in [1.54, 1.807) is 20.3 Å². The molecule has 0 amide bonds. The van der Waals surface area contributed by atoms with Crippen LogP contribution in [-0.4, -0.2) is 19.5 Å². The molecule has 1 aromatic rings. The van der Waals surface area contributed by atoms with Crippen molar-refractivity contribution in [3.05, 3.63) is 29.3 Å². The summed E-state index contributed by atoms with van der Waals surface area (Å²) in [7, 11) is 3.22. The molecule has 0 atom stereocenters. The molecule has 0 radical (unpaired) electrons. The van der Waals surface area contributed by atoms with E-state index in [1.165, 1.54) is 6.08 Å². The van der Waals surface area contributed by atoms with E-state index in [0.29, 0.717) is 0 Å². The standard InChI is InChI=1S/C14H17ClO3/c1-9(2)14-11(17-3)7-10(5-6-13(15)16)8-12(14)18-4/h5-9H,1-4H3. The van der Waals surface area contributed by atoms with Gasteiger partial charge in [-0.15, -0.1) is 0 Å². The van der Waals surface area contributed by atoms with Crippen LogP contribution in [0.1, 0.15) is 30.9 Å². The molecule has 0 saturated heterocycles. The zero-order valence-corrected chi connectivity index (χ0v) is 11.7. The molecule has 18 heavy (non-hydrogen) atoms. The van der Waals surface area contributed by atoms with E-state index >= 15 is 0 Å². The van der Waals surface area contributed by atoms with Crippen LogP contribution in [-0.2, 0) is 4.79 Å². The number of hydrogen-bond acceptors (Lipinski definition) is 3. The van der Waals surface area contributed by atoms with Crippen LogP contribution in [0.3, 0.4) is 0 Å². The Balaban J connectivity index is 3.30. The van der Waals surface area contributed by atoms with Crippen LogP contribution in [0.25, 0.3) is 6.08 Å². The van der Waals surface area contributed by atoms with Crippen molar-refractivity contribution < 1.29 is 14.3 Å². The number of benzene rings is 1. The quantitative estimate of drug-likeness (QED) is 0.605. The number of halogens is 1. The summed E-state index contributed by atoms with van der Waals surface area (Å²) in [6, 6.07) is 3.71. The highest BCUT2D eigenvalue weighted by molar-refractivity contribution is 6.66. The molecular weight excluding hydrogens is 252 g/mol. The highest BCUT2D eigenvalue weighted by Crippen LogP contribution is 2.36. The minimum absolute atomic E-state index is 0.280. The molecule has 1 rings (SSSR count). The molecule has 0 fully saturated rings. The highest BCUT2D eigenvalue weighted by Gasteiger charge is 2.14. The first-order valence-corrected chi connectivity index (χ1v) is 6.00. The Hall–Kier alpha value is -1.48. The van der Waals surface area contributed by atoms with Gasteiger partial charge in [0.25, 0.3) is 0 Å². The minimum Gasteiger partial charge on any atom is -0.496 e. The first-order chi connectivity index (χ1) is 8.49. The molecule has 0 bridgehead atoms. The van der Waals surface area contributed by atoms with Gasteiger partial charge in [0.2, 0.25) is 5.24 Å². The maximum absolute atomic E-state index is 10.7. The molecule has 0 spiro atoms. The van der Waals surface area contributed by atoms with Crippen LogP contribution in [0.2, 0.25) is 0 Å². The van der Waals surface area contributed by atoms with Gasteiger partial charge in [0.1, 0.15) is 11.5 Å². The average Bonchev–Trinajstić information content (AvgIpc) is 2.34. The average molecular weight is 269 g/mol. The molecule has 1 aromatic carbocycles. The van der Waals surface area contributed by atoms with E-state index in [0.717, 1.165) is 22.6 Å². The SMILES string of the molecule is COc1cc(C=CC(=O)Cl)cc(OC)c1C(C)C. The first kappa shape index (κ1) is 14.6. The van der Waals surface area contributed by atoms with Gasteiger partial charge in [-0.25, -0.2) is 0 Å². The molecule has 0 aliphatic rings. The summed E-state index contributed by atoms with van der Waals surface area (Å²) in [5.41, 5.74) is 1.82. The van der Waals surface area contributed by atoms with Crippen molar-refractivity contribution in [2.45, 2.75) is 19.8 Å². The summed E-state index contributed by atoms with van der Waals surface area (Å²) in [5, 5.41) is -0.513. The Bertz CT molecular complexity index is 439. The van der Waals surface area contributed by atoms with Crippen molar-refractivity contribution >= 4 is 22.9 Å². The second kappa shape index (κ2) is 6.45. The first-order valence-electron chi connectivity index (χ1n) is 5.63. The maximum Gasteiger partial charge on any atom is 0.245 e. The van der Waals surface area contributed by atoms with Gasteiger partial charge in [-0.05, 0) is 47.4 Å². The van der Waals surface area contributed by atoms with Crippen LogP contribution < -0.4 is 9.47 Å². The smallest absolute Gasteiger partial charge is 0.245 e. The molecule has 3 nitrogen and oxygen atoms in total. The van der Waals surface area contributed by atoms with Gasteiger partial charge in [0, 0.05) is 5.56 Å². The van der Waals surface area contributed by atoms with Gasteiger partial charge < -0.3 is 9.47 Å². The summed E-state index contributed by atoms with van der Waals surface area (Å²) in [6.07, 6.45) is 2.93. The van der Waals surface area contributed by atoms with E-state index < -0.39 is 5.24 Å². The van der Waals surface area contributed by atoms with Gasteiger partial charge in [-0.2, -0.15) is 0 Å². The molecular formula is C14H17ClO3. The Morgan fingerprint density at radius 1 is 1.22 bits per heavy atom. The fraction of sp³-hybridized carbons (Fsp3) is 0.357. The van der Waals surface area contributed by atoms with Gasteiger partial charge in [0.05, 0.1) is 14.2 Å². The zero-order valence-electron chi connectivity index (χ0n) is 11.0. The van der Waals surface area contributed by atoms with Crippen molar-refractivity contribution in [2.75, 3.05) is 14.2 Å². The van der Waals surface area contributed by atoms with E-state index in [1.807, 2.05) is 12.1 Å². The molecule has 4 heteroatoms. The molecule has 0 saturated carbocycles. The Morgan fingerprint density at radius 3 is 2.06 bits per heavy atom. The molecule has 98 valence electrons. The molecule has 0 aliphatic carbocycles. The van der Waals surface area contributed by atoms with Crippen LogP contribution in [0.5, 0.6) is 11.5 Å². The number of carbonyl (C=O) groups is 1. The lowest BCUT2D eigenvalue weighted by molar-refractivity contribution is -0.107. The largest absolute Gasteiger partial charge is 0.496 e. The van der Waals surface area contributed by atoms with Gasteiger partial charge in [0.15, 0.2) is 0 Å². The summed E-state index contributed by atoms with van der Waals surface area (Å²) < 4.78 is 10.7. The van der Waals surface area contributed by atoms with Crippen LogP contribution in [0, 0.1) is 0 Å². The summed E-state index contributed by atoms with van der Waals surface area (Å²) in [4.78, 5) is 10.7. The second-order valence-corrected chi connectivity index (χ2v) is 4.50. The molecule has 0 heterocycles. The Morgan fingerprint density at radius 2 is 1.72 bits per heavy atom. The van der Waals surface area contributed by atoms with Crippen molar-refractivity contribution in [3.8, 4) is 11.5 Å². The summed E-state index contributed by atoms with van der Waals surface area (Å²) in [5.74, 6) is 1.76. The number of carbonyl (C=O) groups excluding carboxylic acids is 1. The minimum atomic E-state index is -0.513. The van der Waals surface area contributed by atoms with E-state index in [9.17, 15) is 4.79 Å². The summed E-state index contributed by atoms with van der Waals surface area (Å²) in [6.45, 7) is 4.14. The number of hydrogen-bond donors (Lipinski definition) is 0. The molecule has 0 unspecified atom stereocenters. The number of allylic oxidation sites excluding steroid dienone is 1. The normalized spacial score (nSPS) is 11.0. The fourth-order valence-corrected chi connectivity index (χ4v) is 1.85. The van der Waals surface area contributed by atoms with Crippen molar-refractivity contribution in [1.82, 2.24) is 0 Å². The molecule has 0 aromatic heterocycles. The second-order valence-electron chi connectivity index (χ2n) is 4.13. The fourth-order valence-electron chi connectivity index (χ4n) is 1.79. The van der Waals surface area contributed by atoms with Gasteiger partial charge in [-0.3, -0.25) is 4.79 Å². The van der Waals surface area contributed by atoms with E-state index in [-0.39, 0.29) is 5.92 Å². The van der Waals surface area contributed by atoms with Crippen LogP contribution in [0.15, 0.2) is 18.2 Å². The predicted molar refractivity (Wildman–Crippen MR) is 73.5 cm³/mol. The Kier molecular flexibility index (Phi) is 5.23. The maximum atomic E-state index is 10.7. The monoisotopic (exact) mass is 268 g/mol. The van der Waals surface area contributed by atoms with Crippen LogP contribution >= 0.6 is 11.6 Å². The van der Waals surface area contributed by atoms with E-state index in [4.69, 9.17) is 21.1 Å². The third-order valence-corrected chi connectivity index (χ3v) is 2.68. The lowest BCUT2D eigenvalue weighted by atomic mass is 9.98. The number of rotatable bonds is 5. The van der Waals surface area contributed by atoms with Gasteiger partial charge >= 0.3 is 0 Å². The predicted octanol–water partition coefficient (Wildman–Crippen LogP) is 3.61. The topological polar surface area (TPSA) is 35.5 Å². The Labute approximate surface area is 112 Å². The number of ether oxygens (including phenoxy) is 2.